The lowest BCUT2D eigenvalue weighted by atomic mass is 10.1. The molecule has 10 heteroatoms. The fourth-order valence-corrected chi connectivity index (χ4v) is 3.75. The Balaban J connectivity index is 1.87. The number of halogens is 4. The van der Waals surface area contributed by atoms with Crippen molar-refractivity contribution < 1.29 is 22.6 Å². The van der Waals surface area contributed by atoms with Crippen molar-refractivity contribution >= 4 is 28.7 Å². The Hall–Kier alpha value is -4.11. The van der Waals surface area contributed by atoms with Crippen LogP contribution in [0.15, 0.2) is 83.2 Å². The average Bonchev–Trinajstić information content (AvgIpc) is 2.86. The van der Waals surface area contributed by atoms with Gasteiger partial charge in [-0.15, -0.1) is 0 Å². The highest BCUT2D eigenvalue weighted by atomic mass is 35.5. The first-order valence-corrected chi connectivity index (χ1v) is 11.0. The number of benzene rings is 3. The van der Waals surface area contributed by atoms with Crippen LogP contribution in [0.2, 0.25) is 5.02 Å². The van der Waals surface area contributed by atoms with Gasteiger partial charge in [0, 0.05) is 5.56 Å². The fourth-order valence-electron chi connectivity index (χ4n) is 3.47. The lowest BCUT2D eigenvalue weighted by molar-refractivity contribution is -0.137. The standard InChI is InChI=1S/C26H19ClF3N3O3/c1-3-11-36-23-20(27)12-16(13-22(23)35-2)15-31-33-24(17-7-6-8-18(14-17)26(28,29)30)32-21-10-5-4-9-19(21)25(33)34/h3-10,12-15H,1,11H2,2H3. The second-order valence-electron chi connectivity index (χ2n) is 7.53. The third-order valence-corrected chi connectivity index (χ3v) is 5.40. The zero-order valence-electron chi connectivity index (χ0n) is 18.9. The molecule has 0 bridgehead atoms. The van der Waals surface area contributed by atoms with E-state index in [0.717, 1.165) is 16.8 Å². The summed E-state index contributed by atoms with van der Waals surface area (Å²) in [5.41, 5.74) is -0.556. The van der Waals surface area contributed by atoms with Crippen molar-refractivity contribution in [1.82, 2.24) is 9.66 Å². The molecule has 0 aliphatic carbocycles. The van der Waals surface area contributed by atoms with Crippen LogP contribution in [0.25, 0.3) is 22.3 Å². The van der Waals surface area contributed by atoms with Crippen LogP contribution in [0.4, 0.5) is 13.2 Å². The van der Waals surface area contributed by atoms with Crippen LogP contribution >= 0.6 is 11.6 Å². The molecular weight excluding hydrogens is 495 g/mol. The van der Waals surface area contributed by atoms with Crippen LogP contribution in [-0.2, 0) is 6.18 Å². The van der Waals surface area contributed by atoms with E-state index in [2.05, 4.69) is 16.7 Å². The lowest BCUT2D eigenvalue weighted by Crippen LogP contribution is -2.20. The maximum Gasteiger partial charge on any atom is 0.416 e. The summed E-state index contributed by atoms with van der Waals surface area (Å²) in [4.78, 5) is 17.7. The number of fused-ring (bicyclic) bond motifs is 1. The molecule has 0 atom stereocenters. The third-order valence-electron chi connectivity index (χ3n) is 5.12. The molecule has 0 spiro atoms. The highest BCUT2D eigenvalue weighted by Crippen LogP contribution is 2.36. The molecule has 4 aromatic rings. The minimum atomic E-state index is -4.57. The number of methoxy groups -OCH3 is 1. The van der Waals surface area contributed by atoms with E-state index in [-0.39, 0.29) is 28.4 Å². The van der Waals surface area contributed by atoms with Crippen molar-refractivity contribution in [3.63, 3.8) is 0 Å². The molecule has 1 heterocycles. The van der Waals surface area contributed by atoms with Gasteiger partial charge in [-0.25, -0.2) is 4.98 Å². The monoisotopic (exact) mass is 513 g/mol. The first-order chi connectivity index (χ1) is 17.2. The largest absolute Gasteiger partial charge is 0.493 e. The smallest absolute Gasteiger partial charge is 0.416 e. The molecule has 0 radical (unpaired) electrons. The minimum Gasteiger partial charge on any atom is -0.493 e. The van der Waals surface area contributed by atoms with E-state index in [1.807, 2.05) is 0 Å². The molecule has 0 aliphatic heterocycles. The van der Waals surface area contributed by atoms with Gasteiger partial charge in [-0.2, -0.15) is 22.9 Å². The number of hydrogen-bond acceptors (Lipinski definition) is 5. The second-order valence-corrected chi connectivity index (χ2v) is 7.93. The van der Waals surface area contributed by atoms with Gasteiger partial charge in [0.2, 0.25) is 0 Å². The summed E-state index contributed by atoms with van der Waals surface area (Å²) in [5.74, 6) is 0.586. The van der Waals surface area contributed by atoms with Crippen LogP contribution in [0.1, 0.15) is 11.1 Å². The van der Waals surface area contributed by atoms with Gasteiger partial charge in [-0.1, -0.05) is 48.5 Å². The lowest BCUT2D eigenvalue weighted by Gasteiger charge is -2.13. The van der Waals surface area contributed by atoms with Crippen molar-refractivity contribution in [2.75, 3.05) is 13.7 Å². The molecule has 6 nitrogen and oxygen atoms in total. The summed E-state index contributed by atoms with van der Waals surface area (Å²) in [5, 5.41) is 4.76. The predicted molar refractivity (Wildman–Crippen MR) is 133 cm³/mol. The molecule has 0 aliphatic rings. The predicted octanol–water partition coefficient (Wildman–Crippen LogP) is 6.19. The van der Waals surface area contributed by atoms with E-state index in [4.69, 9.17) is 21.1 Å². The third kappa shape index (κ3) is 5.11. The zero-order valence-corrected chi connectivity index (χ0v) is 19.7. The van der Waals surface area contributed by atoms with E-state index in [9.17, 15) is 18.0 Å². The van der Waals surface area contributed by atoms with Gasteiger partial charge >= 0.3 is 6.18 Å². The number of para-hydroxylation sites is 1. The molecule has 0 fully saturated rings. The number of aromatic nitrogens is 2. The zero-order chi connectivity index (χ0) is 25.9. The minimum absolute atomic E-state index is 0.0509. The van der Waals surface area contributed by atoms with Gasteiger partial charge in [-0.05, 0) is 42.0 Å². The summed E-state index contributed by atoms with van der Waals surface area (Å²) >= 11 is 6.34. The molecule has 4 rings (SSSR count). The van der Waals surface area contributed by atoms with Crippen LogP contribution in [0.5, 0.6) is 11.5 Å². The Kier molecular flexibility index (Phi) is 7.12. The van der Waals surface area contributed by atoms with Crippen LogP contribution in [0.3, 0.4) is 0 Å². The van der Waals surface area contributed by atoms with Gasteiger partial charge in [0.25, 0.3) is 5.56 Å². The Morgan fingerprint density at radius 2 is 1.92 bits per heavy atom. The Morgan fingerprint density at radius 3 is 2.64 bits per heavy atom. The molecule has 0 N–H and O–H groups in total. The average molecular weight is 514 g/mol. The Morgan fingerprint density at radius 1 is 1.14 bits per heavy atom. The maximum absolute atomic E-state index is 13.3. The van der Waals surface area contributed by atoms with Gasteiger partial charge in [-0.3, -0.25) is 4.79 Å². The van der Waals surface area contributed by atoms with Crippen molar-refractivity contribution in [2.45, 2.75) is 6.18 Å². The normalized spacial score (nSPS) is 11.7. The van der Waals surface area contributed by atoms with Crippen molar-refractivity contribution in [3.8, 4) is 22.9 Å². The highest BCUT2D eigenvalue weighted by molar-refractivity contribution is 6.32. The summed E-state index contributed by atoms with van der Waals surface area (Å²) in [7, 11) is 1.44. The number of rotatable bonds is 7. The number of hydrogen-bond donors (Lipinski definition) is 0. The first kappa shape index (κ1) is 25.0. The van der Waals surface area contributed by atoms with E-state index >= 15 is 0 Å². The Bertz CT molecular complexity index is 1530. The van der Waals surface area contributed by atoms with E-state index < -0.39 is 17.3 Å². The molecule has 184 valence electrons. The highest BCUT2D eigenvalue weighted by Gasteiger charge is 2.31. The van der Waals surface area contributed by atoms with E-state index in [0.29, 0.717) is 22.6 Å². The van der Waals surface area contributed by atoms with E-state index in [1.54, 1.807) is 42.5 Å². The number of alkyl halides is 3. The van der Waals surface area contributed by atoms with Crippen LogP contribution < -0.4 is 15.0 Å². The van der Waals surface area contributed by atoms with Gasteiger partial charge in [0.1, 0.15) is 6.61 Å². The van der Waals surface area contributed by atoms with Crippen LogP contribution in [0, 0.1) is 0 Å². The van der Waals surface area contributed by atoms with Crippen molar-refractivity contribution in [3.05, 3.63) is 99.8 Å². The molecule has 0 saturated heterocycles. The molecule has 0 amide bonds. The molecule has 3 aromatic carbocycles. The maximum atomic E-state index is 13.3. The van der Waals surface area contributed by atoms with Crippen molar-refractivity contribution in [1.29, 1.82) is 0 Å². The first-order valence-electron chi connectivity index (χ1n) is 10.6. The van der Waals surface area contributed by atoms with Gasteiger partial charge in [0.05, 0.1) is 34.8 Å². The summed E-state index contributed by atoms with van der Waals surface area (Å²) in [6.45, 7) is 3.80. The summed E-state index contributed by atoms with van der Waals surface area (Å²) < 4.78 is 51.9. The van der Waals surface area contributed by atoms with Gasteiger partial charge in [0.15, 0.2) is 17.3 Å². The quantitative estimate of drug-likeness (QED) is 0.218. The summed E-state index contributed by atoms with van der Waals surface area (Å²) in [6, 6.07) is 14.2. The van der Waals surface area contributed by atoms with Crippen molar-refractivity contribution in [2.24, 2.45) is 5.10 Å². The fraction of sp³-hybridized carbons (Fsp3) is 0.115. The molecular formula is C26H19ClF3N3O3. The molecule has 1 aromatic heterocycles. The SMILES string of the molecule is C=CCOc1c(Cl)cc(C=Nn2c(-c3cccc(C(F)(F)F)c3)nc3ccccc3c2=O)cc1OC. The second kappa shape index (κ2) is 10.2. The molecule has 36 heavy (non-hydrogen) atoms. The van der Waals surface area contributed by atoms with Crippen LogP contribution in [-0.4, -0.2) is 29.6 Å². The summed E-state index contributed by atoms with van der Waals surface area (Å²) in [6.07, 6.45) is -1.68. The number of nitrogens with zero attached hydrogens (tertiary/aromatic N) is 3. The topological polar surface area (TPSA) is 65.7 Å². The van der Waals surface area contributed by atoms with E-state index in [1.165, 1.54) is 25.5 Å². The van der Waals surface area contributed by atoms with Gasteiger partial charge < -0.3 is 9.47 Å². The molecule has 0 unspecified atom stereocenters. The number of ether oxygens (including phenoxy) is 2. The Labute approximate surface area is 208 Å². The molecule has 0 saturated carbocycles.